The lowest BCUT2D eigenvalue weighted by molar-refractivity contribution is -0.115. The van der Waals surface area contributed by atoms with Gasteiger partial charge in [0.05, 0.1) is 6.04 Å². The number of hydrogen-bond acceptors (Lipinski definition) is 5. The molecular formula is C16H12Cl2N4O. The Morgan fingerprint density at radius 3 is 2.39 bits per heavy atom. The van der Waals surface area contributed by atoms with Crippen molar-refractivity contribution in [1.29, 1.82) is 10.5 Å². The van der Waals surface area contributed by atoms with Crippen molar-refractivity contribution in [3.63, 3.8) is 0 Å². The largest absolute Gasteiger partial charge is 0.399 e. The summed E-state index contributed by atoms with van der Waals surface area (Å²) in [6.45, 7) is 0. The van der Waals surface area contributed by atoms with E-state index in [2.05, 4.69) is 0 Å². The van der Waals surface area contributed by atoms with E-state index in [-0.39, 0.29) is 36.2 Å². The summed E-state index contributed by atoms with van der Waals surface area (Å²) in [5, 5.41) is 18.4. The molecule has 5 nitrogen and oxygen atoms in total. The highest BCUT2D eigenvalue weighted by molar-refractivity contribution is 6.26. The number of nitrogen functional groups attached to an aromatic ring is 1. The van der Waals surface area contributed by atoms with Crippen LogP contribution >= 0.6 is 24.8 Å². The molecule has 0 aliphatic heterocycles. The van der Waals surface area contributed by atoms with Gasteiger partial charge in [0.1, 0.15) is 17.7 Å². The number of fused-ring (bicyclic) bond motifs is 2. The van der Waals surface area contributed by atoms with Crippen LogP contribution in [0, 0.1) is 22.7 Å². The molecule has 1 aromatic carbocycles. The third-order valence-electron chi connectivity index (χ3n) is 3.62. The minimum atomic E-state index is -0.760. The predicted molar refractivity (Wildman–Crippen MR) is 92.5 cm³/mol. The minimum Gasteiger partial charge on any atom is -0.399 e. The van der Waals surface area contributed by atoms with Crippen LogP contribution in [0.5, 0.6) is 0 Å². The number of carbonyl (C=O) groups excluding carboxylic acids is 1. The average Bonchev–Trinajstić information content (AvgIpc) is 2.79. The SMILES string of the molecule is Cl.Cl.N#CC(C#N)=C1C2=C(C=CC(N)C2=O)c2ccc(N)cc21. The Labute approximate surface area is 145 Å². The van der Waals surface area contributed by atoms with Crippen molar-refractivity contribution in [3.05, 3.63) is 52.6 Å². The summed E-state index contributed by atoms with van der Waals surface area (Å²) in [5.74, 6) is -0.291. The van der Waals surface area contributed by atoms with Gasteiger partial charge in [-0.1, -0.05) is 18.2 Å². The van der Waals surface area contributed by atoms with Crippen LogP contribution in [0.1, 0.15) is 11.1 Å². The van der Waals surface area contributed by atoms with Gasteiger partial charge in [0.2, 0.25) is 0 Å². The van der Waals surface area contributed by atoms with Gasteiger partial charge in [-0.15, -0.1) is 24.8 Å². The molecule has 7 heteroatoms. The van der Waals surface area contributed by atoms with Crippen LogP contribution in [0.15, 0.2) is 41.5 Å². The summed E-state index contributed by atoms with van der Waals surface area (Å²) in [6, 6.07) is 8.11. The van der Waals surface area contributed by atoms with E-state index in [0.29, 0.717) is 28.0 Å². The van der Waals surface area contributed by atoms with Crippen molar-refractivity contribution in [2.45, 2.75) is 6.04 Å². The molecule has 2 aliphatic rings. The maximum Gasteiger partial charge on any atom is 0.184 e. The molecule has 0 spiro atoms. The Hall–Kier alpha value is -2.57. The Bertz CT molecular complexity index is 853. The summed E-state index contributed by atoms with van der Waals surface area (Å²) in [4.78, 5) is 12.4. The highest BCUT2D eigenvalue weighted by atomic mass is 35.5. The van der Waals surface area contributed by atoms with Gasteiger partial charge in [0.25, 0.3) is 0 Å². The van der Waals surface area contributed by atoms with Gasteiger partial charge in [0, 0.05) is 16.8 Å². The van der Waals surface area contributed by atoms with Gasteiger partial charge in [-0.05, 0) is 28.8 Å². The van der Waals surface area contributed by atoms with Gasteiger partial charge in [-0.3, -0.25) is 4.79 Å². The van der Waals surface area contributed by atoms with Crippen LogP contribution in [0.3, 0.4) is 0 Å². The molecule has 0 heterocycles. The van der Waals surface area contributed by atoms with Crippen LogP contribution in [0.2, 0.25) is 0 Å². The zero-order chi connectivity index (χ0) is 15.1. The molecule has 0 bridgehead atoms. The van der Waals surface area contributed by atoms with E-state index in [0.717, 1.165) is 5.56 Å². The standard InChI is InChI=1S/C16H10N4O.2ClH/c17-6-8(7-18)14-12-5-9(19)1-2-10(12)11-3-4-13(20)16(21)15(11)14;;/h1-5,13H,19-20H2;2*1H. The van der Waals surface area contributed by atoms with Crippen LogP contribution in [0.25, 0.3) is 11.1 Å². The zero-order valence-corrected chi connectivity index (χ0v) is 13.4. The topological polar surface area (TPSA) is 117 Å². The van der Waals surface area contributed by atoms with Crippen molar-refractivity contribution in [2.24, 2.45) is 5.73 Å². The van der Waals surface area contributed by atoms with E-state index < -0.39 is 6.04 Å². The second-order valence-electron chi connectivity index (χ2n) is 4.82. The first-order valence-electron chi connectivity index (χ1n) is 6.26. The van der Waals surface area contributed by atoms with E-state index in [9.17, 15) is 15.3 Å². The molecule has 116 valence electrons. The number of allylic oxidation sites excluding steroid dienone is 4. The number of halogens is 2. The number of benzene rings is 1. The maximum absolute atomic E-state index is 12.4. The normalized spacial score (nSPS) is 17.3. The summed E-state index contributed by atoms with van der Waals surface area (Å²) in [7, 11) is 0. The van der Waals surface area contributed by atoms with E-state index in [1.165, 1.54) is 0 Å². The highest BCUT2D eigenvalue weighted by Gasteiger charge is 2.36. The summed E-state index contributed by atoms with van der Waals surface area (Å²) >= 11 is 0. The Balaban J connectivity index is 0.00000132. The fraction of sp³-hybridized carbons (Fsp3) is 0.0625. The van der Waals surface area contributed by atoms with Crippen molar-refractivity contribution >= 4 is 47.4 Å². The van der Waals surface area contributed by atoms with Crippen LogP contribution in [0.4, 0.5) is 5.69 Å². The Morgan fingerprint density at radius 1 is 1.13 bits per heavy atom. The fourth-order valence-electron chi connectivity index (χ4n) is 2.69. The molecule has 4 N–H and O–H groups in total. The summed E-state index contributed by atoms with van der Waals surface area (Å²) in [6.07, 6.45) is 3.37. The van der Waals surface area contributed by atoms with E-state index >= 15 is 0 Å². The molecule has 0 amide bonds. The maximum atomic E-state index is 12.4. The first-order valence-corrected chi connectivity index (χ1v) is 6.26. The molecule has 23 heavy (non-hydrogen) atoms. The minimum absolute atomic E-state index is 0. The number of hydrogen-bond donors (Lipinski definition) is 2. The average molecular weight is 347 g/mol. The molecule has 1 unspecified atom stereocenters. The lowest BCUT2D eigenvalue weighted by atomic mass is 9.89. The van der Waals surface area contributed by atoms with E-state index in [1.807, 2.05) is 12.1 Å². The second-order valence-corrected chi connectivity index (χ2v) is 4.82. The van der Waals surface area contributed by atoms with Crippen molar-refractivity contribution in [1.82, 2.24) is 0 Å². The molecule has 0 saturated carbocycles. The molecule has 2 aliphatic carbocycles. The highest BCUT2D eigenvalue weighted by Crippen LogP contribution is 2.46. The summed E-state index contributed by atoms with van der Waals surface area (Å²) < 4.78 is 0. The number of nitriles is 2. The van der Waals surface area contributed by atoms with Gasteiger partial charge in [-0.25, -0.2) is 0 Å². The fourth-order valence-corrected chi connectivity index (χ4v) is 2.69. The van der Waals surface area contributed by atoms with Crippen molar-refractivity contribution < 1.29 is 4.79 Å². The number of nitrogens with zero attached hydrogens (tertiary/aromatic N) is 2. The van der Waals surface area contributed by atoms with Crippen LogP contribution in [-0.2, 0) is 4.79 Å². The van der Waals surface area contributed by atoms with Gasteiger partial charge in [0.15, 0.2) is 5.78 Å². The van der Waals surface area contributed by atoms with Crippen molar-refractivity contribution in [2.75, 3.05) is 5.73 Å². The number of ketones is 1. The number of Topliss-reactive ketones (excluding diaryl/α,β-unsaturated/α-hetero) is 1. The number of carbonyl (C=O) groups is 1. The molecular weight excluding hydrogens is 335 g/mol. The van der Waals surface area contributed by atoms with Gasteiger partial charge >= 0.3 is 0 Å². The Morgan fingerprint density at radius 2 is 1.78 bits per heavy atom. The van der Waals surface area contributed by atoms with Crippen molar-refractivity contribution in [3.8, 4) is 12.1 Å². The zero-order valence-electron chi connectivity index (χ0n) is 11.7. The molecule has 0 saturated heterocycles. The smallest absolute Gasteiger partial charge is 0.184 e. The number of nitrogens with two attached hydrogens (primary N) is 2. The second kappa shape index (κ2) is 6.68. The van der Waals surface area contributed by atoms with E-state index in [1.54, 1.807) is 30.4 Å². The molecule has 0 aromatic heterocycles. The third kappa shape index (κ3) is 2.62. The Kier molecular flexibility index (Phi) is 5.37. The molecule has 0 radical (unpaired) electrons. The van der Waals surface area contributed by atoms with Gasteiger partial charge < -0.3 is 11.5 Å². The predicted octanol–water partition coefficient (Wildman–Crippen LogP) is 2.15. The van der Waals surface area contributed by atoms with Gasteiger partial charge in [-0.2, -0.15) is 10.5 Å². The van der Waals surface area contributed by atoms with Crippen LogP contribution in [-0.4, -0.2) is 11.8 Å². The quantitative estimate of drug-likeness (QED) is 0.551. The lowest BCUT2D eigenvalue weighted by Crippen LogP contribution is -2.31. The molecule has 0 fully saturated rings. The number of anilines is 1. The number of rotatable bonds is 0. The molecule has 1 atom stereocenters. The first kappa shape index (κ1) is 18.5. The van der Waals surface area contributed by atoms with Crippen LogP contribution < -0.4 is 11.5 Å². The van der Waals surface area contributed by atoms with E-state index in [4.69, 9.17) is 11.5 Å². The lowest BCUT2D eigenvalue weighted by Gasteiger charge is -2.14. The monoisotopic (exact) mass is 346 g/mol. The third-order valence-corrected chi connectivity index (χ3v) is 3.62. The summed E-state index contributed by atoms with van der Waals surface area (Å²) in [5.41, 5.74) is 14.7. The first-order chi connectivity index (χ1) is 10.1. The molecule has 3 rings (SSSR count). The molecule has 1 aromatic rings.